The van der Waals surface area contributed by atoms with Crippen LogP contribution in [-0.2, 0) is 4.79 Å². The van der Waals surface area contributed by atoms with Gasteiger partial charge in [-0.2, -0.15) is 0 Å². The van der Waals surface area contributed by atoms with Crippen LogP contribution < -0.4 is 10.1 Å². The smallest absolute Gasteiger partial charge is 0.290 e. The highest BCUT2D eigenvalue weighted by Gasteiger charge is 2.39. The van der Waals surface area contributed by atoms with E-state index in [0.717, 1.165) is 16.7 Å². The summed E-state index contributed by atoms with van der Waals surface area (Å²) in [7, 11) is 1.55. The molecule has 0 bridgehead atoms. The summed E-state index contributed by atoms with van der Waals surface area (Å²) in [6.45, 7) is 0.232. The predicted molar refractivity (Wildman–Crippen MR) is 75.8 cm³/mol. The number of nitrogens with zero attached hydrogens (tertiary/aromatic N) is 1. The fourth-order valence-electron chi connectivity index (χ4n) is 1.73. The molecule has 1 aromatic rings. The topological polar surface area (TPSA) is 58.6 Å². The minimum absolute atomic E-state index is 0.232. The molecular weight excluding hydrogens is 288 g/mol. The third-order valence-corrected chi connectivity index (χ3v) is 3.78. The Hall–Kier alpha value is -1.40. The Balaban J connectivity index is 2.12. The van der Waals surface area contributed by atoms with Crippen LogP contribution in [0.25, 0.3) is 0 Å². The number of halogens is 1. The maximum absolute atomic E-state index is 12.0. The molecule has 2 rings (SSSR count). The summed E-state index contributed by atoms with van der Waals surface area (Å²) < 4.78 is 5.19. The summed E-state index contributed by atoms with van der Waals surface area (Å²) >= 11 is 6.52. The summed E-state index contributed by atoms with van der Waals surface area (Å²) in [5, 5.41) is 2.10. The van der Waals surface area contributed by atoms with Gasteiger partial charge in [-0.1, -0.05) is 12.1 Å². The number of carbonyl (C=O) groups excluding carboxylic acids is 2. The van der Waals surface area contributed by atoms with Crippen molar-refractivity contribution in [3.63, 3.8) is 0 Å². The number of thioether (sulfide) groups is 1. The maximum Gasteiger partial charge on any atom is 0.290 e. The van der Waals surface area contributed by atoms with Gasteiger partial charge < -0.3 is 10.1 Å². The van der Waals surface area contributed by atoms with Crippen molar-refractivity contribution in [3.8, 4) is 5.75 Å². The van der Waals surface area contributed by atoms with Gasteiger partial charge in [0.1, 0.15) is 5.75 Å². The molecule has 1 aromatic carbocycles. The predicted octanol–water partition coefficient (Wildman–Crippen LogP) is 2.37. The minimum atomic E-state index is -0.632. The molecule has 1 heterocycles. The van der Waals surface area contributed by atoms with Gasteiger partial charge in [-0.05, 0) is 23.9 Å². The summed E-state index contributed by atoms with van der Waals surface area (Å²) in [5.41, 5.74) is 0.677. The zero-order valence-electron chi connectivity index (χ0n) is 10.3. The standard InChI is InChI=1S/C12H13ClN2O3S/c1-18-9-5-3-2-4-8(9)14-10-11(16)15(7-6-13)12(17)19-10/h2-5,10,14H,6-7H2,1H3/t10-/m1/s1. The zero-order chi connectivity index (χ0) is 13.8. The van der Waals surface area contributed by atoms with Crippen molar-refractivity contribution in [3.05, 3.63) is 24.3 Å². The molecule has 1 atom stereocenters. The number of alkyl halides is 1. The van der Waals surface area contributed by atoms with Crippen LogP contribution in [0.5, 0.6) is 5.75 Å². The lowest BCUT2D eigenvalue weighted by molar-refractivity contribution is -0.126. The van der Waals surface area contributed by atoms with E-state index in [1.54, 1.807) is 19.2 Å². The first-order valence-electron chi connectivity index (χ1n) is 5.65. The molecule has 1 N–H and O–H groups in total. The lowest BCUT2D eigenvalue weighted by atomic mass is 10.3. The second-order valence-electron chi connectivity index (χ2n) is 3.79. The van der Waals surface area contributed by atoms with E-state index in [0.29, 0.717) is 11.4 Å². The minimum Gasteiger partial charge on any atom is -0.495 e. The molecule has 1 aliphatic heterocycles. The van der Waals surface area contributed by atoms with Crippen LogP contribution in [0.3, 0.4) is 0 Å². The van der Waals surface area contributed by atoms with Crippen LogP contribution in [0.15, 0.2) is 24.3 Å². The Morgan fingerprint density at radius 1 is 1.42 bits per heavy atom. The molecule has 0 radical (unpaired) electrons. The van der Waals surface area contributed by atoms with E-state index in [2.05, 4.69) is 5.32 Å². The normalized spacial score (nSPS) is 18.8. The van der Waals surface area contributed by atoms with Gasteiger partial charge in [-0.25, -0.2) is 0 Å². The summed E-state index contributed by atoms with van der Waals surface area (Å²) in [6, 6.07) is 7.23. The van der Waals surface area contributed by atoms with E-state index in [4.69, 9.17) is 16.3 Å². The second-order valence-corrected chi connectivity index (χ2v) is 5.22. The number of anilines is 1. The largest absolute Gasteiger partial charge is 0.495 e. The summed E-state index contributed by atoms with van der Waals surface area (Å²) in [5.74, 6) is 0.583. The molecule has 0 spiro atoms. The third-order valence-electron chi connectivity index (χ3n) is 2.63. The van der Waals surface area contributed by atoms with Gasteiger partial charge in [0.05, 0.1) is 12.8 Å². The van der Waals surface area contributed by atoms with Crippen molar-refractivity contribution >= 4 is 40.2 Å². The lowest BCUT2D eigenvalue weighted by Gasteiger charge is -2.15. The summed E-state index contributed by atoms with van der Waals surface area (Å²) in [6.07, 6.45) is 0. The average molecular weight is 301 g/mol. The Labute approximate surface area is 120 Å². The highest BCUT2D eigenvalue weighted by atomic mass is 35.5. The van der Waals surface area contributed by atoms with E-state index in [1.807, 2.05) is 12.1 Å². The molecule has 19 heavy (non-hydrogen) atoms. The molecule has 0 saturated carbocycles. The quantitative estimate of drug-likeness (QED) is 0.846. The molecule has 0 aromatic heterocycles. The van der Waals surface area contributed by atoms with Crippen molar-refractivity contribution < 1.29 is 14.3 Å². The van der Waals surface area contributed by atoms with Crippen LogP contribution >= 0.6 is 23.4 Å². The van der Waals surface area contributed by atoms with Crippen molar-refractivity contribution in [1.29, 1.82) is 0 Å². The first-order chi connectivity index (χ1) is 9.17. The van der Waals surface area contributed by atoms with Gasteiger partial charge in [-0.15, -0.1) is 11.6 Å². The first-order valence-corrected chi connectivity index (χ1v) is 7.06. The highest BCUT2D eigenvalue weighted by Crippen LogP contribution is 2.31. The second kappa shape index (κ2) is 6.16. The number of benzene rings is 1. The Bertz CT molecular complexity index is 498. The number of imide groups is 1. The van der Waals surface area contributed by atoms with Gasteiger partial charge in [0, 0.05) is 12.4 Å². The molecule has 1 fully saturated rings. The lowest BCUT2D eigenvalue weighted by Crippen LogP contribution is -2.35. The van der Waals surface area contributed by atoms with E-state index < -0.39 is 5.37 Å². The number of methoxy groups -OCH3 is 1. The highest BCUT2D eigenvalue weighted by molar-refractivity contribution is 8.15. The number of nitrogens with one attached hydrogen (secondary N) is 1. The van der Waals surface area contributed by atoms with Crippen molar-refractivity contribution in [1.82, 2.24) is 4.90 Å². The van der Waals surface area contributed by atoms with Crippen LogP contribution in [0, 0.1) is 0 Å². The van der Waals surface area contributed by atoms with Crippen LogP contribution in [-0.4, -0.2) is 41.0 Å². The molecule has 0 unspecified atom stereocenters. The molecular formula is C12H13ClN2O3S. The van der Waals surface area contributed by atoms with E-state index in [1.165, 1.54) is 0 Å². The van der Waals surface area contributed by atoms with Crippen LogP contribution in [0.2, 0.25) is 0 Å². The number of amides is 2. The Morgan fingerprint density at radius 3 is 2.84 bits per heavy atom. The number of para-hydroxylation sites is 2. The van der Waals surface area contributed by atoms with Gasteiger partial charge in [0.15, 0.2) is 5.37 Å². The van der Waals surface area contributed by atoms with E-state index in [-0.39, 0.29) is 23.6 Å². The Morgan fingerprint density at radius 2 is 2.16 bits per heavy atom. The van der Waals surface area contributed by atoms with Crippen LogP contribution in [0.1, 0.15) is 0 Å². The maximum atomic E-state index is 12.0. The molecule has 102 valence electrons. The molecule has 5 nitrogen and oxygen atoms in total. The van der Waals surface area contributed by atoms with Crippen LogP contribution in [0.4, 0.5) is 10.5 Å². The number of hydrogen-bond acceptors (Lipinski definition) is 5. The first kappa shape index (κ1) is 14.0. The number of ether oxygens (including phenoxy) is 1. The van der Waals surface area contributed by atoms with Crippen molar-refractivity contribution in [2.24, 2.45) is 0 Å². The van der Waals surface area contributed by atoms with Gasteiger partial charge >= 0.3 is 0 Å². The van der Waals surface area contributed by atoms with Crippen molar-refractivity contribution in [2.45, 2.75) is 5.37 Å². The summed E-state index contributed by atoms with van der Waals surface area (Å²) in [4.78, 5) is 24.9. The van der Waals surface area contributed by atoms with Gasteiger partial charge in [0.2, 0.25) is 0 Å². The van der Waals surface area contributed by atoms with Crippen molar-refractivity contribution in [2.75, 3.05) is 24.9 Å². The SMILES string of the molecule is COc1ccccc1N[C@@H]1SC(=O)N(CCCl)C1=O. The van der Waals surface area contributed by atoms with E-state index in [9.17, 15) is 9.59 Å². The molecule has 7 heteroatoms. The Kier molecular flexibility index (Phi) is 4.55. The number of carbonyl (C=O) groups is 2. The molecule has 1 saturated heterocycles. The average Bonchev–Trinajstić information content (AvgIpc) is 2.67. The molecule has 1 aliphatic rings. The third kappa shape index (κ3) is 2.96. The fourth-order valence-corrected chi connectivity index (χ4v) is 2.82. The monoisotopic (exact) mass is 300 g/mol. The molecule has 2 amide bonds. The molecule has 0 aliphatic carbocycles. The number of hydrogen-bond donors (Lipinski definition) is 1. The zero-order valence-corrected chi connectivity index (χ0v) is 11.8. The fraction of sp³-hybridized carbons (Fsp3) is 0.333. The number of rotatable bonds is 5. The van der Waals surface area contributed by atoms with E-state index >= 15 is 0 Å². The van der Waals surface area contributed by atoms with Gasteiger partial charge in [-0.3, -0.25) is 14.5 Å². The van der Waals surface area contributed by atoms with Gasteiger partial charge in [0.25, 0.3) is 11.1 Å².